The van der Waals surface area contributed by atoms with Gasteiger partial charge in [0.2, 0.25) is 0 Å². The number of carboxylic acid groups (broad SMARTS) is 1. The number of hydrogen-bond donors (Lipinski definition) is 2. The lowest BCUT2D eigenvalue weighted by Crippen LogP contribution is -2.33. The van der Waals surface area contributed by atoms with Crippen molar-refractivity contribution < 1.29 is 9.90 Å². The minimum absolute atomic E-state index is 0.305. The largest absolute Gasteiger partial charge is 0.481 e. The maximum atomic E-state index is 10.8. The quantitative estimate of drug-likeness (QED) is 0.909. The molecule has 4 nitrogen and oxygen atoms in total. The Morgan fingerprint density at radius 3 is 2.86 bits per heavy atom. The number of nitrogens with one attached hydrogen (secondary N) is 1. The highest BCUT2D eigenvalue weighted by atomic mass is 35.5. The lowest BCUT2D eigenvalue weighted by Gasteiger charge is -2.31. The number of nitrogens with zero attached hydrogens (tertiary/aromatic N) is 1. The van der Waals surface area contributed by atoms with Crippen molar-refractivity contribution >= 4 is 28.5 Å². The molecule has 3 rings (SSSR count). The Morgan fingerprint density at radius 1 is 1.38 bits per heavy atom. The molecule has 1 fully saturated rings. The summed E-state index contributed by atoms with van der Waals surface area (Å²) in [4.78, 5) is 16.4. The second-order valence-corrected chi connectivity index (χ2v) is 6.26. The average Bonchev–Trinajstić information content (AvgIpc) is 2.83. The Hall–Kier alpha value is -1.52. The van der Waals surface area contributed by atoms with E-state index in [9.17, 15) is 4.79 Å². The molecule has 0 radical (unpaired) electrons. The van der Waals surface area contributed by atoms with Crippen LogP contribution in [0.5, 0.6) is 0 Å². The predicted octanol–water partition coefficient (Wildman–Crippen LogP) is 3.51. The number of rotatable bonds is 4. The van der Waals surface area contributed by atoms with Crippen molar-refractivity contribution in [2.75, 3.05) is 13.1 Å². The molecule has 2 N–H and O–H groups in total. The molecule has 1 aromatic carbocycles. The summed E-state index contributed by atoms with van der Waals surface area (Å²) in [6.45, 7) is 2.85. The van der Waals surface area contributed by atoms with Crippen LogP contribution in [-0.2, 0) is 11.3 Å². The first-order chi connectivity index (χ1) is 10.1. The van der Waals surface area contributed by atoms with Crippen LogP contribution in [-0.4, -0.2) is 34.0 Å². The number of carbonyl (C=O) groups is 1. The van der Waals surface area contributed by atoms with Gasteiger partial charge in [0.1, 0.15) is 0 Å². The second kappa shape index (κ2) is 6.08. The summed E-state index contributed by atoms with van der Waals surface area (Å²) in [5.41, 5.74) is 2.34. The molecule has 0 amide bonds. The van der Waals surface area contributed by atoms with Crippen LogP contribution in [0.15, 0.2) is 24.4 Å². The van der Waals surface area contributed by atoms with E-state index in [1.54, 1.807) is 0 Å². The lowest BCUT2D eigenvalue weighted by atomic mass is 9.93. The van der Waals surface area contributed by atoms with E-state index in [1.165, 1.54) is 10.9 Å². The Bertz CT molecular complexity index is 645. The van der Waals surface area contributed by atoms with Gasteiger partial charge in [-0.3, -0.25) is 9.69 Å². The summed E-state index contributed by atoms with van der Waals surface area (Å²) in [6, 6.07) is 5.92. The van der Waals surface area contributed by atoms with Gasteiger partial charge in [0.15, 0.2) is 0 Å². The van der Waals surface area contributed by atoms with Gasteiger partial charge in [0, 0.05) is 35.1 Å². The summed E-state index contributed by atoms with van der Waals surface area (Å²) in [7, 11) is 0. The van der Waals surface area contributed by atoms with Gasteiger partial charge >= 0.3 is 5.97 Å². The summed E-state index contributed by atoms with van der Waals surface area (Å²) in [5.74, 6) is -0.345. The minimum atomic E-state index is -0.679. The number of likely N-dealkylation sites (tertiary alicyclic amines) is 1. The van der Waals surface area contributed by atoms with E-state index in [2.05, 4.69) is 16.0 Å². The first-order valence-corrected chi connectivity index (χ1v) is 7.69. The Kier molecular flexibility index (Phi) is 4.17. The van der Waals surface area contributed by atoms with Gasteiger partial charge in [-0.1, -0.05) is 17.7 Å². The van der Waals surface area contributed by atoms with Crippen molar-refractivity contribution in [3.05, 3.63) is 35.0 Å². The standard InChI is InChI=1S/C16H19ClN2O2/c17-13-1-2-14-12(9-18-15(14)8-13)10-19-5-3-11(4-6-19)7-16(20)21/h1-2,8-9,11,18H,3-7,10H2,(H,20,21). The van der Waals surface area contributed by atoms with Crippen LogP contribution in [0.25, 0.3) is 10.9 Å². The summed E-state index contributed by atoms with van der Waals surface area (Å²) in [6.07, 6.45) is 4.30. The molecular formula is C16H19ClN2O2. The van der Waals surface area contributed by atoms with Crippen molar-refractivity contribution in [2.45, 2.75) is 25.8 Å². The van der Waals surface area contributed by atoms with Crippen molar-refractivity contribution in [1.82, 2.24) is 9.88 Å². The van der Waals surface area contributed by atoms with E-state index in [0.29, 0.717) is 12.3 Å². The fourth-order valence-corrected chi connectivity index (χ4v) is 3.30. The molecule has 0 bridgehead atoms. The van der Waals surface area contributed by atoms with Crippen LogP contribution >= 0.6 is 11.6 Å². The number of piperidine rings is 1. The van der Waals surface area contributed by atoms with Gasteiger partial charge in [-0.25, -0.2) is 0 Å². The molecule has 0 spiro atoms. The zero-order valence-corrected chi connectivity index (χ0v) is 12.6. The van der Waals surface area contributed by atoms with E-state index in [1.807, 2.05) is 18.3 Å². The van der Waals surface area contributed by atoms with E-state index in [-0.39, 0.29) is 0 Å². The molecule has 1 aliphatic heterocycles. The number of fused-ring (bicyclic) bond motifs is 1. The van der Waals surface area contributed by atoms with Crippen LogP contribution in [0.2, 0.25) is 5.02 Å². The summed E-state index contributed by atoms with van der Waals surface area (Å²) in [5, 5.41) is 10.8. The van der Waals surface area contributed by atoms with E-state index < -0.39 is 5.97 Å². The average molecular weight is 307 g/mol. The smallest absolute Gasteiger partial charge is 0.303 e. The second-order valence-electron chi connectivity index (χ2n) is 5.82. The molecule has 2 heterocycles. The number of aliphatic carboxylic acids is 1. The van der Waals surface area contributed by atoms with Crippen molar-refractivity contribution in [3.63, 3.8) is 0 Å². The van der Waals surface area contributed by atoms with Crippen molar-refractivity contribution in [2.24, 2.45) is 5.92 Å². The first kappa shape index (κ1) is 14.4. The van der Waals surface area contributed by atoms with E-state index >= 15 is 0 Å². The molecule has 1 aromatic heterocycles. The molecular weight excluding hydrogens is 288 g/mol. The van der Waals surface area contributed by atoms with Gasteiger partial charge in [0.05, 0.1) is 0 Å². The zero-order valence-electron chi connectivity index (χ0n) is 11.8. The highest BCUT2D eigenvalue weighted by Crippen LogP contribution is 2.26. The number of halogens is 1. The van der Waals surface area contributed by atoms with Gasteiger partial charge < -0.3 is 10.1 Å². The van der Waals surface area contributed by atoms with Gasteiger partial charge in [-0.15, -0.1) is 0 Å². The highest BCUT2D eigenvalue weighted by molar-refractivity contribution is 6.31. The minimum Gasteiger partial charge on any atom is -0.481 e. The van der Waals surface area contributed by atoms with Crippen molar-refractivity contribution in [1.29, 1.82) is 0 Å². The monoisotopic (exact) mass is 306 g/mol. The number of H-pyrrole nitrogens is 1. The van der Waals surface area contributed by atoms with Gasteiger partial charge in [-0.2, -0.15) is 0 Å². The maximum Gasteiger partial charge on any atom is 0.303 e. The number of aromatic nitrogens is 1. The first-order valence-electron chi connectivity index (χ1n) is 7.31. The predicted molar refractivity (Wildman–Crippen MR) is 83.6 cm³/mol. The number of aromatic amines is 1. The van der Waals surface area contributed by atoms with Crippen LogP contribution in [0, 0.1) is 5.92 Å². The van der Waals surface area contributed by atoms with Crippen LogP contribution in [0.1, 0.15) is 24.8 Å². The lowest BCUT2D eigenvalue weighted by molar-refractivity contribution is -0.138. The molecule has 0 unspecified atom stereocenters. The molecule has 0 saturated carbocycles. The van der Waals surface area contributed by atoms with Gasteiger partial charge in [-0.05, 0) is 49.5 Å². The Balaban J connectivity index is 1.63. The normalized spacial score (nSPS) is 17.4. The van der Waals surface area contributed by atoms with Crippen LogP contribution < -0.4 is 0 Å². The topological polar surface area (TPSA) is 56.3 Å². The molecule has 2 aromatic rings. The number of benzene rings is 1. The maximum absolute atomic E-state index is 10.8. The summed E-state index contributed by atoms with van der Waals surface area (Å²) >= 11 is 6.00. The number of hydrogen-bond acceptors (Lipinski definition) is 2. The van der Waals surface area contributed by atoms with Gasteiger partial charge in [0.25, 0.3) is 0 Å². The fourth-order valence-electron chi connectivity index (χ4n) is 3.13. The van der Waals surface area contributed by atoms with Crippen molar-refractivity contribution in [3.8, 4) is 0 Å². The summed E-state index contributed by atoms with van der Waals surface area (Å²) < 4.78 is 0. The highest BCUT2D eigenvalue weighted by Gasteiger charge is 2.21. The molecule has 112 valence electrons. The number of carboxylic acids is 1. The molecule has 0 aliphatic carbocycles. The Morgan fingerprint density at radius 2 is 2.14 bits per heavy atom. The van der Waals surface area contributed by atoms with Crippen LogP contribution in [0.3, 0.4) is 0 Å². The third-order valence-electron chi connectivity index (χ3n) is 4.29. The molecule has 21 heavy (non-hydrogen) atoms. The van der Waals surface area contributed by atoms with Crippen LogP contribution in [0.4, 0.5) is 0 Å². The third kappa shape index (κ3) is 3.39. The van der Waals surface area contributed by atoms with E-state index in [4.69, 9.17) is 16.7 Å². The SMILES string of the molecule is O=C(O)CC1CCN(Cc2c[nH]c3cc(Cl)ccc23)CC1. The van der Waals surface area contributed by atoms with E-state index in [0.717, 1.165) is 43.0 Å². The molecule has 1 saturated heterocycles. The molecule has 0 atom stereocenters. The molecule has 1 aliphatic rings. The third-order valence-corrected chi connectivity index (χ3v) is 4.53. The molecule has 5 heteroatoms. The fraction of sp³-hybridized carbons (Fsp3) is 0.438. The zero-order chi connectivity index (χ0) is 14.8. The Labute approximate surface area is 128 Å².